The molecule has 1 aromatic rings. The number of hydrogen-bond donors (Lipinski definition) is 1. The Morgan fingerprint density at radius 1 is 1.37 bits per heavy atom. The molecule has 2 rings (SSSR count). The van der Waals surface area contributed by atoms with E-state index in [0.717, 1.165) is 12.1 Å². The van der Waals surface area contributed by atoms with Gasteiger partial charge in [-0.15, -0.1) is 12.4 Å². The van der Waals surface area contributed by atoms with Crippen LogP contribution >= 0.6 is 24.0 Å². The highest BCUT2D eigenvalue weighted by Gasteiger charge is 2.40. The molecule has 0 radical (unpaired) electrons. The lowest BCUT2D eigenvalue weighted by Gasteiger charge is -2.38. The van der Waals surface area contributed by atoms with Gasteiger partial charge >= 0.3 is 6.09 Å². The van der Waals surface area contributed by atoms with E-state index >= 15 is 0 Å². The van der Waals surface area contributed by atoms with Crippen molar-refractivity contribution in [3.05, 3.63) is 34.4 Å². The summed E-state index contributed by atoms with van der Waals surface area (Å²) in [5.41, 5.74) is -0.634. The van der Waals surface area contributed by atoms with E-state index in [4.69, 9.17) is 16.3 Å². The van der Waals surface area contributed by atoms with Crippen LogP contribution in [0.3, 0.4) is 0 Å². The Balaban J connectivity index is 0.00000180. The molecule has 0 spiro atoms. The van der Waals surface area contributed by atoms with Crippen LogP contribution in [0.1, 0.15) is 25.5 Å². The van der Waals surface area contributed by atoms with Gasteiger partial charge in [0.05, 0.1) is 11.1 Å². The molecular formula is C12H13Cl2F2NO2. The zero-order chi connectivity index (χ0) is 13.5. The van der Waals surface area contributed by atoms with E-state index < -0.39 is 29.2 Å². The highest BCUT2D eigenvalue weighted by molar-refractivity contribution is 6.31. The molecule has 1 aromatic carbocycles. The molecule has 0 aromatic heterocycles. The van der Waals surface area contributed by atoms with E-state index in [9.17, 15) is 13.6 Å². The van der Waals surface area contributed by atoms with Crippen LogP contribution in [-0.2, 0) is 4.74 Å². The maximum atomic E-state index is 13.8. The summed E-state index contributed by atoms with van der Waals surface area (Å²) in [6.07, 6.45) is -0.668. The predicted molar refractivity (Wildman–Crippen MR) is 69.6 cm³/mol. The van der Waals surface area contributed by atoms with Crippen molar-refractivity contribution in [3.63, 3.8) is 0 Å². The van der Waals surface area contributed by atoms with Gasteiger partial charge in [0, 0.05) is 11.0 Å². The Morgan fingerprint density at radius 2 is 1.95 bits per heavy atom. The quantitative estimate of drug-likeness (QED) is 0.800. The number of benzene rings is 1. The van der Waals surface area contributed by atoms with Crippen molar-refractivity contribution >= 4 is 30.1 Å². The maximum absolute atomic E-state index is 13.8. The Labute approximate surface area is 120 Å². The van der Waals surface area contributed by atoms with Crippen LogP contribution in [0.5, 0.6) is 0 Å². The standard InChI is InChI=1S/C12H12ClF2NO2.ClH/c1-12(2)5-18-11(17)16-10(12)8-6(14)3-4-7(15)9(8)13;/h3-4,10H,5H2,1-2H3,(H,16,17);1H/t10-;/m0./s1. The van der Waals surface area contributed by atoms with Gasteiger partial charge in [-0.1, -0.05) is 25.4 Å². The first kappa shape index (κ1) is 16.0. The van der Waals surface area contributed by atoms with E-state index in [1.54, 1.807) is 13.8 Å². The number of ether oxygens (including phenoxy) is 1. The smallest absolute Gasteiger partial charge is 0.407 e. The molecule has 1 heterocycles. The first-order valence-electron chi connectivity index (χ1n) is 5.39. The van der Waals surface area contributed by atoms with E-state index in [2.05, 4.69) is 5.32 Å². The zero-order valence-electron chi connectivity index (χ0n) is 10.3. The number of nitrogens with one attached hydrogen (secondary N) is 1. The second-order valence-corrected chi connectivity index (χ2v) is 5.28. The molecule has 3 nitrogen and oxygen atoms in total. The summed E-state index contributed by atoms with van der Waals surface area (Å²) in [6, 6.07) is 1.21. The fourth-order valence-corrected chi connectivity index (χ4v) is 2.22. The number of cyclic esters (lactones) is 1. The van der Waals surface area contributed by atoms with Crippen LogP contribution in [-0.4, -0.2) is 12.7 Å². The van der Waals surface area contributed by atoms with Crippen molar-refractivity contribution in [1.29, 1.82) is 0 Å². The lowest BCUT2D eigenvalue weighted by Crippen LogP contribution is -2.47. The molecule has 1 aliphatic rings. The normalized spacial score (nSPS) is 21.1. The summed E-state index contributed by atoms with van der Waals surface area (Å²) in [4.78, 5) is 11.2. The number of rotatable bonds is 1. The number of carbonyl (C=O) groups excluding carboxylic acids is 1. The van der Waals surface area contributed by atoms with Gasteiger partial charge in [-0.25, -0.2) is 13.6 Å². The molecule has 1 fully saturated rings. The van der Waals surface area contributed by atoms with Crippen LogP contribution in [0.15, 0.2) is 12.1 Å². The zero-order valence-corrected chi connectivity index (χ0v) is 11.9. The summed E-state index contributed by atoms with van der Waals surface area (Å²) in [5.74, 6) is -1.37. The van der Waals surface area contributed by atoms with Gasteiger partial charge < -0.3 is 10.1 Å². The third-order valence-corrected chi connectivity index (χ3v) is 3.37. The first-order chi connectivity index (χ1) is 8.33. The summed E-state index contributed by atoms with van der Waals surface area (Å²) >= 11 is 5.80. The molecule has 1 aliphatic heterocycles. The van der Waals surface area contributed by atoms with Crippen LogP contribution in [0.2, 0.25) is 5.02 Å². The third-order valence-electron chi connectivity index (χ3n) is 2.99. The number of alkyl carbamates (subject to hydrolysis) is 1. The van der Waals surface area contributed by atoms with Crippen molar-refractivity contribution in [2.45, 2.75) is 19.9 Å². The van der Waals surface area contributed by atoms with E-state index in [0.29, 0.717) is 0 Å². The predicted octanol–water partition coefficient (Wildman–Crippen LogP) is 3.85. The highest BCUT2D eigenvalue weighted by atomic mass is 35.5. The topological polar surface area (TPSA) is 38.3 Å². The van der Waals surface area contributed by atoms with Gasteiger partial charge in [-0.05, 0) is 12.1 Å². The molecular weight excluding hydrogens is 299 g/mol. The molecule has 19 heavy (non-hydrogen) atoms. The molecule has 1 amide bonds. The second-order valence-electron chi connectivity index (χ2n) is 4.90. The molecule has 0 unspecified atom stereocenters. The van der Waals surface area contributed by atoms with Gasteiger partial charge in [0.2, 0.25) is 0 Å². The number of halogens is 4. The lowest BCUT2D eigenvalue weighted by atomic mass is 9.80. The Kier molecular flexibility index (Phi) is 4.63. The van der Waals surface area contributed by atoms with Crippen LogP contribution < -0.4 is 5.32 Å². The molecule has 0 bridgehead atoms. The second kappa shape index (κ2) is 5.51. The van der Waals surface area contributed by atoms with Gasteiger partial charge in [-0.3, -0.25) is 0 Å². The van der Waals surface area contributed by atoms with Crippen LogP contribution in [0.25, 0.3) is 0 Å². The Morgan fingerprint density at radius 3 is 2.58 bits per heavy atom. The SMILES string of the molecule is CC1(C)COC(=O)N[C@H]1c1c(F)ccc(F)c1Cl.Cl. The molecule has 0 aliphatic carbocycles. The van der Waals surface area contributed by atoms with Crippen molar-refractivity contribution in [3.8, 4) is 0 Å². The molecule has 1 N–H and O–H groups in total. The minimum atomic E-state index is -0.734. The van der Waals surface area contributed by atoms with E-state index in [1.165, 1.54) is 0 Å². The average molecular weight is 312 g/mol. The summed E-state index contributed by atoms with van der Waals surface area (Å²) < 4.78 is 32.1. The monoisotopic (exact) mass is 311 g/mol. The number of amides is 1. The Bertz CT molecular complexity index is 509. The number of carbonyl (C=O) groups is 1. The summed E-state index contributed by atoms with van der Waals surface area (Å²) in [6.45, 7) is 3.66. The van der Waals surface area contributed by atoms with Crippen LogP contribution in [0.4, 0.5) is 13.6 Å². The fourth-order valence-electron chi connectivity index (χ4n) is 1.96. The average Bonchev–Trinajstić information content (AvgIpc) is 2.29. The largest absolute Gasteiger partial charge is 0.449 e. The van der Waals surface area contributed by atoms with Gasteiger partial charge in [0.1, 0.15) is 18.2 Å². The van der Waals surface area contributed by atoms with Crippen molar-refractivity contribution in [1.82, 2.24) is 5.32 Å². The minimum absolute atomic E-state index is 0. The maximum Gasteiger partial charge on any atom is 0.407 e. The first-order valence-corrected chi connectivity index (χ1v) is 5.77. The molecule has 1 atom stereocenters. The fraction of sp³-hybridized carbons (Fsp3) is 0.417. The minimum Gasteiger partial charge on any atom is -0.449 e. The Hall–Kier alpha value is -1.07. The van der Waals surface area contributed by atoms with Crippen molar-refractivity contribution in [2.75, 3.05) is 6.61 Å². The summed E-state index contributed by atoms with van der Waals surface area (Å²) in [5, 5.41) is 2.17. The van der Waals surface area contributed by atoms with Gasteiger partial charge in [-0.2, -0.15) is 0 Å². The molecule has 106 valence electrons. The summed E-state index contributed by atoms with van der Waals surface area (Å²) in [7, 11) is 0. The molecule has 0 saturated carbocycles. The van der Waals surface area contributed by atoms with E-state index in [1.807, 2.05) is 0 Å². The van der Waals surface area contributed by atoms with Crippen LogP contribution in [0, 0.1) is 17.0 Å². The molecule has 7 heteroatoms. The molecule has 1 saturated heterocycles. The van der Waals surface area contributed by atoms with Crippen molar-refractivity contribution < 1.29 is 18.3 Å². The third kappa shape index (κ3) is 2.92. The van der Waals surface area contributed by atoms with E-state index in [-0.39, 0.29) is 29.6 Å². The lowest BCUT2D eigenvalue weighted by molar-refractivity contribution is 0.0377. The number of hydrogen-bond acceptors (Lipinski definition) is 2. The highest BCUT2D eigenvalue weighted by Crippen LogP contribution is 2.41. The van der Waals surface area contributed by atoms with Crippen molar-refractivity contribution in [2.24, 2.45) is 5.41 Å². The van der Waals surface area contributed by atoms with Gasteiger partial charge in [0.25, 0.3) is 0 Å². The van der Waals surface area contributed by atoms with Gasteiger partial charge in [0.15, 0.2) is 0 Å².